The number of halogens is 2. The highest BCUT2D eigenvalue weighted by atomic mass is 79.9. The lowest BCUT2D eigenvalue weighted by Crippen LogP contribution is -2.05. The van der Waals surface area contributed by atoms with Crippen molar-refractivity contribution in [3.05, 3.63) is 46.0 Å². The van der Waals surface area contributed by atoms with Gasteiger partial charge < -0.3 is 4.98 Å². The van der Waals surface area contributed by atoms with Gasteiger partial charge in [0, 0.05) is 16.8 Å². The molecule has 0 unspecified atom stereocenters. The molecule has 1 aromatic heterocycles. The summed E-state index contributed by atoms with van der Waals surface area (Å²) in [5.41, 5.74) is 1.19. The van der Waals surface area contributed by atoms with Crippen LogP contribution in [0.2, 0.25) is 0 Å². The van der Waals surface area contributed by atoms with Gasteiger partial charge in [0.1, 0.15) is 5.82 Å². The zero-order valence-electron chi connectivity index (χ0n) is 7.18. The van der Waals surface area contributed by atoms with Crippen molar-refractivity contribution in [3.63, 3.8) is 0 Å². The molecule has 0 aliphatic rings. The fourth-order valence-electron chi connectivity index (χ4n) is 1.42. The second-order valence-corrected chi connectivity index (χ2v) is 3.54. The first-order valence-electron chi connectivity index (χ1n) is 4.08. The van der Waals surface area contributed by atoms with Crippen LogP contribution < -0.4 is 5.56 Å². The van der Waals surface area contributed by atoms with E-state index in [2.05, 4.69) is 20.9 Å². The Kier molecular flexibility index (Phi) is 2.37. The molecule has 0 aliphatic heterocycles. The van der Waals surface area contributed by atoms with Crippen LogP contribution >= 0.6 is 15.9 Å². The van der Waals surface area contributed by atoms with Crippen molar-refractivity contribution >= 4 is 26.8 Å². The maximum absolute atomic E-state index is 12.9. The number of pyridine rings is 1. The maximum Gasteiger partial charge on any atom is 0.248 e. The summed E-state index contributed by atoms with van der Waals surface area (Å²) in [6.07, 6.45) is 0. The number of aromatic amines is 1. The standard InChI is InChI=1S/C10H7BrFNO/c11-5-6-3-10(14)13-9-4-7(12)1-2-8(6)9/h1-4H,5H2,(H,13,14). The third-order valence-electron chi connectivity index (χ3n) is 2.03. The molecule has 0 amide bonds. The Morgan fingerprint density at radius 3 is 2.86 bits per heavy atom. The second-order valence-electron chi connectivity index (χ2n) is 2.98. The summed E-state index contributed by atoms with van der Waals surface area (Å²) in [5.74, 6) is -0.347. The van der Waals surface area contributed by atoms with Crippen molar-refractivity contribution in [2.75, 3.05) is 0 Å². The first kappa shape index (κ1) is 9.40. The first-order valence-corrected chi connectivity index (χ1v) is 5.20. The third-order valence-corrected chi connectivity index (χ3v) is 2.64. The van der Waals surface area contributed by atoms with Gasteiger partial charge in [-0.15, -0.1) is 0 Å². The van der Waals surface area contributed by atoms with Gasteiger partial charge in [0.15, 0.2) is 0 Å². The number of H-pyrrole nitrogens is 1. The molecule has 4 heteroatoms. The van der Waals surface area contributed by atoms with E-state index in [-0.39, 0.29) is 11.4 Å². The van der Waals surface area contributed by atoms with Crippen LogP contribution in [0.15, 0.2) is 29.1 Å². The van der Waals surface area contributed by atoms with Gasteiger partial charge in [-0.1, -0.05) is 15.9 Å². The molecule has 2 aromatic rings. The molecular formula is C10H7BrFNO. The van der Waals surface area contributed by atoms with Gasteiger partial charge in [-0.05, 0) is 23.8 Å². The number of rotatable bonds is 1. The molecule has 2 nitrogen and oxygen atoms in total. The smallest absolute Gasteiger partial charge is 0.248 e. The Morgan fingerprint density at radius 2 is 2.14 bits per heavy atom. The van der Waals surface area contributed by atoms with Crippen LogP contribution in [0, 0.1) is 5.82 Å². The highest BCUT2D eigenvalue weighted by molar-refractivity contribution is 9.08. The Balaban J connectivity index is 2.87. The van der Waals surface area contributed by atoms with Gasteiger partial charge in [-0.3, -0.25) is 4.79 Å². The molecule has 2 rings (SSSR count). The van der Waals surface area contributed by atoms with E-state index in [0.29, 0.717) is 10.8 Å². The van der Waals surface area contributed by atoms with E-state index >= 15 is 0 Å². The Hall–Kier alpha value is -1.16. The number of aromatic nitrogens is 1. The van der Waals surface area contributed by atoms with Crippen molar-refractivity contribution in [2.24, 2.45) is 0 Å². The molecule has 0 saturated carbocycles. The minimum Gasteiger partial charge on any atom is -0.322 e. The quantitative estimate of drug-likeness (QED) is 0.781. The Labute approximate surface area is 87.9 Å². The lowest BCUT2D eigenvalue weighted by Gasteiger charge is -2.02. The maximum atomic E-state index is 12.9. The van der Waals surface area contributed by atoms with E-state index < -0.39 is 0 Å². The van der Waals surface area contributed by atoms with Crippen LogP contribution in [-0.2, 0) is 5.33 Å². The summed E-state index contributed by atoms with van der Waals surface area (Å²) in [6.45, 7) is 0. The molecular weight excluding hydrogens is 249 g/mol. The fraction of sp³-hybridized carbons (Fsp3) is 0.100. The number of nitrogens with one attached hydrogen (secondary N) is 1. The van der Waals surface area contributed by atoms with Crippen molar-refractivity contribution < 1.29 is 4.39 Å². The van der Waals surface area contributed by atoms with E-state index in [0.717, 1.165) is 10.9 Å². The van der Waals surface area contributed by atoms with Crippen LogP contribution in [0.1, 0.15) is 5.56 Å². The number of benzene rings is 1. The second kappa shape index (κ2) is 3.53. The van der Waals surface area contributed by atoms with Gasteiger partial charge in [0.25, 0.3) is 0 Å². The summed E-state index contributed by atoms with van der Waals surface area (Å²) < 4.78 is 12.9. The average molecular weight is 256 g/mol. The van der Waals surface area contributed by atoms with Crippen LogP contribution in [0.25, 0.3) is 10.9 Å². The summed E-state index contributed by atoms with van der Waals surface area (Å²) in [7, 11) is 0. The molecule has 1 heterocycles. The highest BCUT2D eigenvalue weighted by Crippen LogP contribution is 2.18. The number of hydrogen-bond donors (Lipinski definition) is 1. The van der Waals surface area contributed by atoms with Crippen molar-refractivity contribution in [1.82, 2.24) is 4.98 Å². The number of hydrogen-bond acceptors (Lipinski definition) is 1. The predicted molar refractivity (Wildman–Crippen MR) is 57.2 cm³/mol. The van der Waals surface area contributed by atoms with Gasteiger partial charge in [-0.2, -0.15) is 0 Å². The summed E-state index contributed by atoms with van der Waals surface area (Å²) in [5, 5.41) is 1.45. The monoisotopic (exact) mass is 255 g/mol. The minimum atomic E-state index is -0.347. The summed E-state index contributed by atoms with van der Waals surface area (Å²) in [4.78, 5) is 13.8. The normalized spacial score (nSPS) is 10.7. The van der Waals surface area contributed by atoms with Crippen LogP contribution in [0.4, 0.5) is 4.39 Å². The third kappa shape index (κ3) is 1.57. The molecule has 0 spiro atoms. The average Bonchev–Trinajstić information content (AvgIpc) is 2.15. The molecule has 0 aliphatic carbocycles. The zero-order chi connectivity index (χ0) is 10.1. The van der Waals surface area contributed by atoms with E-state index in [4.69, 9.17) is 0 Å². The SMILES string of the molecule is O=c1cc(CBr)c2ccc(F)cc2[nH]1. The Morgan fingerprint density at radius 1 is 1.36 bits per heavy atom. The largest absolute Gasteiger partial charge is 0.322 e. The molecule has 0 radical (unpaired) electrons. The van der Waals surface area contributed by atoms with Crippen LogP contribution in [0.3, 0.4) is 0 Å². The molecule has 1 aromatic carbocycles. The lowest BCUT2D eigenvalue weighted by molar-refractivity contribution is 0.629. The fourth-order valence-corrected chi connectivity index (χ4v) is 1.88. The highest BCUT2D eigenvalue weighted by Gasteiger charge is 2.02. The van der Waals surface area contributed by atoms with E-state index in [1.165, 1.54) is 18.2 Å². The Bertz CT molecular complexity index is 535. The number of alkyl halides is 1. The van der Waals surface area contributed by atoms with E-state index in [9.17, 15) is 9.18 Å². The van der Waals surface area contributed by atoms with Crippen LogP contribution in [-0.4, -0.2) is 4.98 Å². The van der Waals surface area contributed by atoms with Gasteiger partial charge in [0.05, 0.1) is 5.52 Å². The van der Waals surface area contributed by atoms with Crippen molar-refractivity contribution in [3.8, 4) is 0 Å². The topological polar surface area (TPSA) is 32.9 Å². The van der Waals surface area contributed by atoms with Crippen molar-refractivity contribution in [1.29, 1.82) is 0 Å². The van der Waals surface area contributed by atoms with E-state index in [1.54, 1.807) is 6.07 Å². The van der Waals surface area contributed by atoms with Gasteiger partial charge >= 0.3 is 0 Å². The molecule has 0 saturated heterocycles. The van der Waals surface area contributed by atoms with Gasteiger partial charge in [0.2, 0.25) is 5.56 Å². The minimum absolute atomic E-state index is 0.211. The summed E-state index contributed by atoms with van der Waals surface area (Å²) in [6, 6.07) is 5.88. The zero-order valence-corrected chi connectivity index (χ0v) is 8.77. The predicted octanol–water partition coefficient (Wildman–Crippen LogP) is 2.56. The molecule has 72 valence electrons. The number of fused-ring (bicyclic) bond motifs is 1. The van der Waals surface area contributed by atoms with E-state index in [1.807, 2.05) is 0 Å². The molecule has 0 fully saturated rings. The summed E-state index contributed by atoms with van der Waals surface area (Å²) >= 11 is 3.28. The lowest BCUT2D eigenvalue weighted by atomic mass is 10.1. The van der Waals surface area contributed by atoms with Crippen LogP contribution in [0.5, 0.6) is 0 Å². The first-order chi connectivity index (χ1) is 6.70. The molecule has 14 heavy (non-hydrogen) atoms. The van der Waals surface area contributed by atoms with Gasteiger partial charge in [-0.25, -0.2) is 4.39 Å². The van der Waals surface area contributed by atoms with Crippen molar-refractivity contribution in [2.45, 2.75) is 5.33 Å². The molecule has 1 N–H and O–H groups in total. The molecule has 0 atom stereocenters. The molecule has 0 bridgehead atoms.